The zero-order valence-electron chi connectivity index (χ0n) is 20.9. The molecular weight excluding hydrogens is 479 g/mol. The molecule has 198 valence electrons. The van der Waals surface area contributed by atoms with E-state index in [9.17, 15) is 26.4 Å². The van der Waals surface area contributed by atoms with Gasteiger partial charge in [-0.3, -0.25) is 4.79 Å². The summed E-state index contributed by atoms with van der Waals surface area (Å²) in [5, 5.41) is 0. The fraction of sp³-hybridized carbons (Fsp3) is 0.720. The molecule has 6 nitrogen and oxygen atoms in total. The van der Waals surface area contributed by atoms with E-state index in [2.05, 4.69) is 11.9 Å². The molecule has 0 aromatic heterocycles. The van der Waals surface area contributed by atoms with E-state index in [1.165, 1.54) is 11.4 Å². The molecule has 1 aliphatic carbocycles. The minimum Gasteiger partial charge on any atom is -0.343 e. The Morgan fingerprint density at radius 3 is 2.06 bits per heavy atom. The molecule has 1 heterocycles. The van der Waals surface area contributed by atoms with Crippen molar-refractivity contribution < 1.29 is 26.4 Å². The van der Waals surface area contributed by atoms with Crippen LogP contribution in [0.4, 0.5) is 13.2 Å². The van der Waals surface area contributed by atoms with Crippen LogP contribution in [0.25, 0.3) is 0 Å². The Morgan fingerprint density at radius 2 is 1.51 bits per heavy atom. The first-order valence-electron chi connectivity index (χ1n) is 12.5. The average Bonchev–Trinajstić information content (AvgIpc) is 2.83. The summed E-state index contributed by atoms with van der Waals surface area (Å²) in [5.74, 6) is 0.889. The second-order valence-electron chi connectivity index (χ2n) is 10.3. The number of rotatable bonds is 8. The van der Waals surface area contributed by atoms with Crippen LogP contribution in [0, 0.1) is 11.8 Å². The van der Waals surface area contributed by atoms with Crippen molar-refractivity contribution in [1.29, 1.82) is 0 Å². The molecule has 1 aromatic rings. The van der Waals surface area contributed by atoms with Crippen LogP contribution in [-0.2, 0) is 21.0 Å². The number of halogens is 3. The van der Waals surface area contributed by atoms with Crippen molar-refractivity contribution in [3.8, 4) is 0 Å². The number of hydrogen-bond donors (Lipinski definition) is 0. The van der Waals surface area contributed by atoms with Gasteiger partial charge in [0.15, 0.2) is 0 Å². The molecule has 0 radical (unpaired) electrons. The van der Waals surface area contributed by atoms with Gasteiger partial charge in [-0.2, -0.15) is 13.2 Å². The Balaban J connectivity index is 1.43. The summed E-state index contributed by atoms with van der Waals surface area (Å²) in [5.41, 5.74) is -0.867. The number of amides is 1. The van der Waals surface area contributed by atoms with Crippen molar-refractivity contribution in [3.63, 3.8) is 0 Å². The molecular formula is C25H38F3N3O3S. The summed E-state index contributed by atoms with van der Waals surface area (Å²) in [6, 6.07) is 3.97. The fourth-order valence-electron chi connectivity index (χ4n) is 5.25. The first-order chi connectivity index (χ1) is 16.4. The monoisotopic (exact) mass is 517 g/mol. The SMILES string of the molecule is CN1CCC(N(C)C(=O)CCC2CCC(CN(C)S(=O)(=O)c3ccc(C(F)(F)F)cc3)CC2)CC1. The van der Waals surface area contributed by atoms with Gasteiger partial charge in [0.05, 0.1) is 10.5 Å². The van der Waals surface area contributed by atoms with Crippen LogP contribution in [0.2, 0.25) is 0 Å². The van der Waals surface area contributed by atoms with Gasteiger partial charge in [0.1, 0.15) is 0 Å². The Labute approximate surface area is 207 Å². The number of alkyl halides is 3. The lowest BCUT2D eigenvalue weighted by Crippen LogP contribution is -2.44. The molecule has 2 aliphatic rings. The minimum atomic E-state index is -4.50. The van der Waals surface area contributed by atoms with E-state index in [0.717, 1.165) is 82.3 Å². The van der Waals surface area contributed by atoms with E-state index >= 15 is 0 Å². The largest absolute Gasteiger partial charge is 0.416 e. The number of carbonyl (C=O) groups excluding carboxylic acids is 1. The van der Waals surface area contributed by atoms with Crippen LogP contribution in [-0.4, -0.2) is 75.2 Å². The second kappa shape index (κ2) is 11.6. The highest BCUT2D eigenvalue weighted by atomic mass is 32.2. The normalized spacial score (nSPS) is 22.9. The van der Waals surface area contributed by atoms with Crippen molar-refractivity contribution in [3.05, 3.63) is 29.8 Å². The molecule has 35 heavy (non-hydrogen) atoms. The van der Waals surface area contributed by atoms with E-state index in [0.29, 0.717) is 24.9 Å². The first kappa shape index (κ1) is 27.9. The lowest BCUT2D eigenvalue weighted by molar-refractivity contribution is -0.137. The van der Waals surface area contributed by atoms with E-state index < -0.39 is 21.8 Å². The molecule has 0 N–H and O–H groups in total. The van der Waals surface area contributed by atoms with E-state index in [1.807, 2.05) is 11.9 Å². The Morgan fingerprint density at radius 1 is 0.971 bits per heavy atom. The molecule has 0 unspecified atom stereocenters. The number of benzene rings is 1. The molecule has 1 aliphatic heterocycles. The van der Waals surface area contributed by atoms with Gasteiger partial charge < -0.3 is 9.80 Å². The van der Waals surface area contributed by atoms with Crippen LogP contribution in [0.15, 0.2) is 29.2 Å². The van der Waals surface area contributed by atoms with Crippen LogP contribution < -0.4 is 0 Å². The Hall–Kier alpha value is -1.65. The molecule has 1 saturated heterocycles. The van der Waals surface area contributed by atoms with Crippen LogP contribution >= 0.6 is 0 Å². The second-order valence-corrected chi connectivity index (χ2v) is 12.3. The molecule has 0 atom stereocenters. The third-order valence-corrected chi connectivity index (χ3v) is 9.60. The van der Waals surface area contributed by atoms with Gasteiger partial charge >= 0.3 is 6.18 Å². The summed E-state index contributed by atoms with van der Waals surface area (Å²) in [6.07, 6.45) is 2.66. The number of nitrogens with zero attached hydrogens (tertiary/aromatic N) is 3. The van der Waals surface area contributed by atoms with Gasteiger partial charge in [-0.05, 0) is 88.3 Å². The van der Waals surface area contributed by atoms with Crippen molar-refractivity contribution in [2.75, 3.05) is 40.8 Å². The topological polar surface area (TPSA) is 60.9 Å². The zero-order valence-corrected chi connectivity index (χ0v) is 21.7. The number of piperidine rings is 1. The third-order valence-electron chi connectivity index (χ3n) is 7.77. The minimum absolute atomic E-state index is 0.131. The maximum absolute atomic E-state index is 12.8. The molecule has 0 bridgehead atoms. The van der Waals surface area contributed by atoms with E-state index in [-0.39, 0.29) is 16.7 Å². The predicted octanol–water partition coefficient (Wildman–Crippen LogP) is 4.47. The lowest BCUT2D eigenvalue weighted by atomic mass is 9.80. The van der Waals surface area contributed by atoms with Crippen LogP contribution in [0.1, 0.15) is 56.9 Å². The number of hydrogen-bond acceptors (Lipinski definition) is 4. The Bertz CT molecular complexity index is 937. The quantitative estimate of drug-likeness (QED) is 0.511. The highest BCUT2D eigenvalue weighted by molar-refractivity contribution is 7.89. The van der Waals surface area contributed by atoms with E-state index in [4.69, 9.17) is 0 Å². The van der Waals surface area contributed by atoms with Crippen molar-refractivity contribution in [1.82, 2.24) is 14.1 Å². The van der Waals surface area contributed by atoms with Gasteiger partial charge in [0, 0.05) is 33.1 Å². The molecule has 1 amide bonds. The summed E-state index contributed by atoms with van der Waals surface area (Å²) < 4.78 is 65.2. The van der Waals surface area contributed by atoms with E-state index in [1.54, 1.807) is 0 Å². The highest BCUT2D eigenvalue weighted by Gasteiger charge is 2.32. The molecule has 10 heteroatoms. The van der Waals surface area contributed by atoms with Crippen LogP contribution in [0.5, 0.6) is 0 Å². The summed E-state index contributed by atoms with van der Waals surface area (Å²) >= 11 is 0. The number of likely N-dealkylation sites (tertiary alicyclic amines) is 1. The predicted molar refractivity (Wildman–Crippen MR) is 129 cm³/mol. The molecule has 2 fully saturated rings. The van der Waals surface area contributed by atoms with Gasteiger partial charge in [-0.1, -0.05) is 12.8 Å². The standard InChI is InChI=1S/C25H38F3N3O3S/c1-29-16-14-22(15-17-29)31(3)24(32)13-8-19-4-6-20(7-5-19)18-30(2)35(33,34)23-11-9-21(10-12-23)25(26,27)28/h9-12,19-20,22H,4-8,13-18H2,1-3H3. The molecule has 0 spiro atoms. The molecule has 3 rings (SSSR count). The van der Waals surface area contributed by atoms with Gasteiger partial charge in [0.2, 0.25) is 15.9 Å². The maximum atomic E-state index is 12.8. The van der Waals surface area contributed by atoms with Crippen molar-refractivity contribution in [2.45, 2.75) is 68.5 Å². The smallest absolute Gasteiger partial charge is 0.343 e. The van der Waals surface area contributed by atoms with Gasteiger partial charge in [-0.25, -0.2) is 12.7 Å². The summed E-state index contributed by atoms with van der Waals surface area (Å²) in [6.45, 7) is 2.39. The molecule has 1 aromatic carbocycles. The zero-order chi connectivity index (χ0) is 25.8. The Kier molecular flexibility index (Phi) is 9.26. The third kappa shape index (κ3) is 7.43. The fourth-order valence-corrected chi connectivity index (χ4v) is 6.50. The first-order valence-corrected chi connectivity index (χ1v) is 13.9. The van der Waals surface area contributed by atoms with Gasteiger partial charge in [0.25, 0.3) is 0 Å². The summed E-state index contributed by atoms with van der Waals surface area (Å²) in [4.78, 5) is 16.8. The lowest BCUT2D eigenvalue weighted by Gasteiger charge is -2.35. The van der Waals surface area contributed by atoms with Crippen molar-refractivity contribution >= 4 is 15.9 Å². The molecule has 1 saturated carbocycles. The average molecular weight is 518 g/mol. The summed E-state index contributed by atoms with van der Waals surface area (Å²) in [7, 11) is 1.66. The van der Waals surface area contributed by atoms with Crippen LogP contribution in [0.3, 0.4) is 0 Å². The number of carbonyl (C=O) groups is 1. The number of sulfonamides is 1. The maximum Gasteiger partial charge on any atom is 0.416 e. The highest BCUT2D eigenvalue weighted by Crippen LogP contribution is 2.34. The van der Waals surface area contributed by atoms with Gasteiger partial charge in [-0.15, -0.1) is 0 Å². The van der Waals surface area contributed by atoms with Crippen molar-refractivity contribution in [2.24, 2.45) is 11.8 Å².